The van der Waals surface area contributed by atoms with Crippen LogP contribution < -0.4 is 10.1 Å². The third-order valence-corrected chi connectivity index (χ3v) is 4.73. The quantitative estimate of drug-likeness (QED) is 0.472. The van der Waals surface area contributed by atoms with Gasteiger partial charge in [-0.2, -0.15) is 0 Å². The number of rotatable bonds is 10. The molecule has 33 heavy (non-hydrogen) atoms. The van der Waals surface area contributed by atoms with E-state index in [0.717, 1.165) is 4.68 Å². The molecular formula is C21H22F2N6O4. The molecule has 2 N–H and O–H groups in total. The van der Waals surface area contributed by atoms with Gasteiger partial charge in [0.1, 0.15) is 17.9 Å². The van der Waals surface area contributed by atoms with Gasteiger partial charge in [0, 0.05) is 25.1 Å². The van der Waals surface area contributed by atoms with Crippen LogP contribution in [-0.4, -0.2) is 55.0 Å². The predicted molar refractivity (Wildman–Crippen MR) is 112 cm³/mol. The van der Waals surface area contributed by atoms with E-state index in [1.165, 1.54) is 31.5 Å². The molecule has 0 aliphatic rings. The highest BCUT2D eigenvalue weighted by Crippen LogP contribution is 2.24. The fraction of sp³-hybridized carbons (Fsp3) is 0.333. The minimum absolute atomic E-state index is 0.161. The molecule has 3 heterocycles. The maximum Gasteiger partial charge on any atom is 0.354 e. The lowest BCUT2D eigenvalue weighted by Crippen LogP contribution is -2.30. The van der Waals surface area contributed by atoms with Crippen LogP contribution in [0.15, 0.2) is 42.7 Å². The lowest BCUT2D eigenvalue weighted by molar-refractivity contribution is -0.124. The molecular weight excluding hydrogens is 438 g/mol. The van der Waals surface area contributed by atoms with Crippen molar-refractivity contribution in [1.29, 1.82) is 0 Å². The molecule has 10 nitrogen and oxygen atoms in total. The summed E-state index contributed by atoms with van der Waals surface area (Å²) in [5, 5.41) is 19.1. The van der Waals surface area contributed by atoms with Gasteiger partial charge in [-0.1, -0.05) is 17.3 Å². The van der Waals surface area contributed by atoms with Crippen LogP contribution in [0.25, 0.3) is 11.4 Å². The number of halogens is 2. The van der Waals surface area contributed by atoms with Crippen LogP contribution >= 0.6 is 0 Å². The number of carbonyl (C=O) groups is 2. The highest BCUT2D eigenvalue weighted by Gasteiger charge is 2.31. The maximum atomic E-state index is 14.4. The number of carboxylic acids is 1. The smallest absolute Gasteiger partial charge is 0.354 e. The lowest BCUT2D eigenvalue weighted by atomic mass is 10.1. The number of pyridine rings is 2. The summed E-state index contributed by atoms with van der Waals surface area (Å²) in [5.41, 5.74) is 0.879. The molecule has 0 aliphatic carbocycles. The molecule has 0 radical (unpaired) electrons. The van der Waals surface area contributed by atoms with Crippen molar-refractivity contribution < 1.29 is 28.2 Å². The summed E-state index contributed by atoms with van der Waals surface area (Å²) in [4.78, 5) is 31.1. The number of aromatic carboxylic acids is 1. The van der Waals surface area contributed by atoms with Crippen molar-refractivity contribution in [2.24, 2.45) is 0 Å². The number of methoxy groups -OCH3 is 1. The summed E-state index contributed by atoms with van der Waals surface area (Å²) < 4.78 is 34.7. The summed E-state index contributed by atoms with van der Waals surface area (Å²) in [7, 11) is 1.49. The van der Waals surface area contributed by atoms with Crippen molar-refractivity contribution in [2.75, 3.05) is 7.11 Å². The van der Waals surface area contributed by atoms with Crippen LogP contribution in [0.3, 0.4) is 0 Å². The van der Waals surface area contributed by atoms with Crippen LogP contribution in [0.4, 0.5) is 8.78 Å². The number of nitrogens with zero attached hydrogens (tertiary/aromatic N) is 5. The number of aromatic nitrogens is 5. The van der Waals surface area contributed by atoms with Crippen LogP contribution in [0.2, 0.25) is 0 Å². The van der Waals surface area contributed by atoms with E-state index < -0.39 is 36.8 Å². The van der Waals surface area contributed by atoms with Gasteiger partial charge in [0.2, 0.25) is 11.8 Å². The summed E-state index contributed by atoms with van der Waals surface area (Å²) >= 11 is 0. The minimum atomic E-state index is -3.22. The van der Waals surface area contributed by atoms with Crippen molar-refractivity contribution in [3.05, 3.63) is 54.0 Å². The molecule has 3 aromatic rings. The van der Waals surface area contributed by atoms with Gasteiger partial charge in [-0.25, -0.2) is 28.2 Å². The Hall–Kier alpha value is -3.96. The third kappa shape index (κ3) is 6.51. The highest BCUT2D eigenvalue weighted by atomic mass is 19.3. The lowest BCUT2D eigenvalue weighted by Gasteiger charge is -2.18. The Bertz CT molecular complexity index is 1120. The fourth-order valence-corrected chi connectivity index (χ4v) is 2.97. The standard InChI is InChI=1S/C21H22F2N6O4/c1-13(14-6-7-19(33-2)24-10-14)25-18(30)8-9-21(22,23)12-29-11-17(27-28-29)15-4-3-5-16(26-15)20(31)32/h3-7,10-11,13H,8-9,12H2,1-2H3,(H,25,30)(H,31,32). The number of nitrogens with one attached hydrogen (secondary N) is 1. The zero-order valence-corrected chi connectivity index (χ0v) is 17.9. The summed E-state index contributed by atoms with van der Waals surface area (Å²) in [6, 6.07) is 7.25. The first-order valence-electron chi connectivity index (χ1n) is 9.95. The Labute approximate surface area is 187 Å². The molecule has 1 amide bonds. The second kappa shape index (κ2) is 10.1. The van der Waals surface area contributed by atoms with E-state index in [1.807, 2.05) is 0 Å². The van der Waals surface area contributed by atoms with Gasteiger partial charge in [-0.3, -0.25) is 4.79 Å². The summed E-state index contributed by atoms with van der Waals surface area (Å²) in [6.45, 7) is 0.938. The Morgan fingerprint density at radius 1 is 1.24 bits per heavy atom. The third-order valence-electron chi connectivity index (χ3n) is 4.73. The minimum Gasteiger partial charge on any atom is -0.481 e. The molecule has 0 saturated carbocycles. The Morgan fingerprint density at radius 3 is 2.70 bits per heavy atom. The van der Waals surface area contributed by atoms with E-state index in [9.17, 15) is 18.4 Å². The molecule has 3 rings (SSSR count). The molecule has 0 fully saturated rings. The van der Waals surface area contributed by atoms with E-state index in [4.69, 9.17) is 9.84 Å². The van der Waals surface area contributed by atoms with Crippen LogP contribution in [0.1, 0.15) is 41.9 Å². The normalized spacial score (nSPS) is 12.2. The van der Waals surface area contributed by atoms with E-state index in [1.54, 1.807) is 25.3 Å². The number of amides is 1. The number of hydrogen-bond acceptors (Lipinski definition) is 7. The number of alkyl halides is 2. The molecule has 0 bridgehead atoms. The van der Waals surface area contributed by atoms with E-state index in [0.29, 0.717) is 11.4 Å². The van der Waals surface area contributed by atoms with Gasteiger partial charge >= 0.3 is 5.97 Å². The Kier molecular flexibility index (Phi) is 7.26. The average molecular weight is 460 g/mol. The molecule has 0 saturated heterocycles. The SMILES string of the molecule is COc1ccc(C(C)NC(=O)CCC(F)(F)Cn2cc(-c3cccc(C(=O)O)n3)nn2)cn1. The molecule has 3 aromatic heterocycles. The number of carboxylic acid groups (broad SMARTS) is 1. The first kappa shape index (κ1) is 23.7. The second-order valence-electron chi connectivity index (χ2n) is 7.29. The molecule has 174 valence electrons. The first-order chi connectivity index (χ1) is 15.7. The van der Waals surface area contributed by atoms with Gasteiger partial charge < -0.3 is 15.2 Å². The monoisotopic (exact) mass is 460 g/mol. The van der Waals surface area contributed by atoms with Crippen LogP contribution in [-0.2, 0) is 11.3 Å². The van der Waals surface area contributed by atoms with Gasteiger partial charge in [0.15, 0.2) is 0 Å². The zero-order valence-electron chi connectivity index (χ0n) is 17.9. The molecule has 0 aromatic carbocycles. The van der Waals surface area contributed by atoms with Gasteiger partial charge in [-0.05, 0) is 24.6 Å². The van der Waals surface area contributed by atoms with E-state index >= 15 is 0 Å². The van der Waals surface area contributed by atoms with Crippen molar-refractivity contribution in [3.8, 4) is 17.3 Å². The number of hydrogen-bond donors (Lipinski definition) is 2. The Morgan fingerprint density at radius 2 is 2.03 bits per heavy atom. The Balaban J connectivity index is 1.54. The summed E-state index contributed by atoms with van der Waals surface area (Å²) in [5.74, 6) is -4.53. The van der Waals surface area contributed by atoms with Crippen molar-refractivity contribution in [2.45, 2.75) is 38.3 Å². The molecule has 0 spiro atoms. The van der Waals surface area contributed by atoms with E-state index in [2.05, 4.69) is 25.6 Å². The molecule has 1 unspecified atom stereocenters. The highest BCUT2D eigenvalue weighted by molar-refractivity contribution is 5.85. The average Bonchev–Trinajstić information content (AvgIpc) is 3.25. The van der Waals surface area contributed by atoms with Crippen molar-refractivity contribution in [3.63, 3.8) is 0 Å². The van der Waals surface area contributed by atoms with E-state index in [-0.39, 0.29) is 23.5 Å². The predicted octanol–water partition coefficient (Wildman–Crippen LogP) is 2.73. The fourth-order valence-electron chi connectivity index (χ4n) is 2.97. The van der Waals surface area contributed by atoms with Crippen LogP contribution in [0.5, 0.6) is 5.88 Å². The van der Waals surface area contributed by atoms with Gasteiger partial charge in [0.25, 0.3) is 5.92 Å². The largest absolute Gasteiger partial charge is 0.481 e. The van der Waals surface area contributed by atoms with Gasteiger partial charge in [-0.15, -0.1) is 5.10 Å². The van der Waals surface area contributed by atoms with Crippen molar-refractivity contribution >= 4 is 11.9 Å². The first-order valence-corrected chi connectivity index (χ1v) is 9.95. The number of ether oxygens (including phenoxy) is 1. The van der Waals surface area contributed by atoms with Gasteiger partial charge in [0.05, 0.1) is 25.0 Å². The molecule has 12 heteroatoms. The van der Waals surface area contributed by atoms with Crippen LogP contribution in [0, 0.1) is 0 Å². The molecule has 0 aliphatic heterocycles. The topological polar surface area (TPSA) is 132 Å². The maximum absolute atomic E-state index is 14.4. The molecule has 1 atom stereocenters. The summed E-state index contributed by atoms with van der Waals surface area (Å²) in [6.07, 6.45) is 1.72. The zero-order chi connectivity index (χ0) is 24.0. The van der Waals surface area contributed by atoms with Crippen molar-refractivity contribution in [1.82, 2.24) is 30.3 Å². The number of carbonyl (C=O) groups excluding carboxylic acids is 1. The second-order valence-corrected chi connectivity index (χ2v) is 7.29.